The summed E-state index contributed by atoms with van der Waals surface area (Å²) in [6, 6.07) is -0.00613. The zero-order valence-electron chi connectivity index (χ0n) is 14.3. The summed E-state index contributed by atoms with van der Waals surface area (Å²) in [5.74, 6) is 2.34. The van der Waals surface area contributed by atoms with E-state index in [1.807, 2.05) is 37.6 Å². The van der Waals surface area contributed by atoms with Gasteiger partial charge < -0.3 is 5.32 Å². The Kier molecular flexibility index (Phi) is 6.60. The third kappa shape index (κ3) is 4.79. The highest BCUT2D eigenvalue weighted by molar-refractivity contribution is 6.29. The molecule has 5 heteroatoms. The quantitative estimate of drug-likeness (QED) is 0.646. The molecule has 1 aromatic rings. The topological polar surface area (TPSA) is 42.7 Å². The lowest BCUT2D eigenvalue weighted by molar-refractivity contribution is 0.503. The van der Waals surface area contributed by atoms with Gasteiger partial charge in [0.15, 0.2) is 0 Å². The monoisotopic (exact) mass is 334 g/mol. The molecule has 1 aromatic heterocycles. The van der Waals surface area contributed by atoms with Gasteiger partial charge in [-0.25, -0.2) is 9.67 Å². The van der Waals surface area contributed by atoms with E-state index in [4.69, 9.17) is 16.6 Å². The van der Waals surface area contributed by atoms with Gasteiger partial charge in [-0.1, -0.05) is 29.8 Å². The number of hydrogen-bond acceptors (Lipinski definition) is 3. The maximum atomic E-state index is 6.04. The van der Waals surface area contributed by atoms with E-state index in [0.29, 0.717) is 5.92 Å². The summed E-state index contributed by atoms with van der Waals surface area (Å²) in [5.41, 5.74) is 1.05. The fraction of sp³-hybridized carbons (Fsp3) is 0.556. The molecule has 0 amide bonds. The molecule has 0 aromatic carbocycles. The van der Waals surface area contributed by atoms with Crippen molar-refractivity contribution in [3.05, 3.63) is 47.1 Å². The third-order valence-corrected chi connectivity index (χ3v) is 4.61. The van der Waals surface area contributed by atoms with Crippen LogP contribution in [0.25, 0.3) is 0 Å². The van der Waals surface area contributed by atoms with Crippen LogP contribution in [0.2, 0.25) is 0 Å². The predicted molar refractivity (Wildman–Crippen MR) is 96.8 cm³/mol. The van der Waals surface area contributed by atoms with Gasteiger partial charge in [-0.05, 0) is 58.7 Å². The van der Waals surface area contributed by atoms with Crippen LogP contribution in [0.1, 0.15) is 56.7 Å². The fourth-order valence-electron chi connectivity index (χ4n) is 2.84. The molecule has 2 atom stereocenters. The van der Waals surface area contributed by atoms with Crippen LogP contribution in [-0.2, 0) is 0 Å². The summed E-state index contributed by atoms with van der Waals surface area (Å²) < 4.78 is 2.02. The number of allylic oxidation sites excluding steroid dienone is 5. The summed E-state index contributed by atoms with van der Waals surface area (Å²) in [6.07, 6.45) is 9.45. The summed E-state index contributed by atoms with van der Waals surface area (Å²) in [7, 11) is 0. The van der Waals surface area contributed by atoms with Crippen LogP contribution in [-0.4, -0.2) is 27.9 Å². The Morgan fingerprint density at radius 3 is 2.87 bits per heavy atom. The Labute approximate surface area is 144 Å². The first-order valence-corrected chi connectivity index (χ1v) is 8.68. The van der Waals surface area contributed by atoms with Gasteiger partial charge in [0.05, 0.1) is 6.04 Å². The lowest BCUT2D eigenvalue weighted by Gasteiger charge is -2.17. The van der Waals surface area contributed by atoms with Crippen molar-refractivity contribution >= 4 is 11.6 Å². The third-order valence-electron chi connectivity index (χ3n) is 4.32. The van der Waals surface area contributed by atoms with Gasteiger partial charge >= 0.3 is 0 Å². The number of aryl methyl sites for hydroxylation is 1. The average molecular weight is 335 g/mol. The first-order valence-electron chi connectivity index (χ1n) is 8.30. The van der Waals surface area contributed by atoms with Crippen molar-refractivity contribution < 1.29 is 0 Å². The molecule has 2 unspecified atom stereocenters. The van der Waals surface area contributed by atoms with E-state index < -0.39 is 0 Å². The van der Waals surface area contributed by atoms with Crippen LogP contribution in [0.5, 0.6) is 0 Å². The highest BCUT2D eigenvalue weighted by Gasteiger charge is 2.22. The van der Waals surface area contributed by atoms with Crippen LogP contribution < -0.4 is 5.32 Å². The van der Waals surface area contributed by atoms with Crippen LogP contribution >= 0.6 is 11.6 Å². The summed E-state index contributed by atoms with van der Waals surface area (Å²) in [5, 5.41) is 8.88. The number of rotatable bonds is 5. The van der Waals surface area contributed by atoms with Crippen LogP contribution in [0.15, 0.2) is 35.4 Å². The Bertz CT molecular complexity index is 588. The zero-order valence-corrected chi connectivity index (χ0v) is 15.1. The van der Waals surface area contributed by atoms with Gasteiger partial charge in [-0.3, -0.25) is 0 Å². The van der Waals surface area contributed by atoms with E-state index in [9.17, 15) is 0 Å². The second-order valence-corrected chi connectivity index (χ2v) is 6.71. The molecule has 0 radical (unpaired) electrons. The summed E-state index contributed by atoms with van der Waals surface area (Å²) in [6.45, 7) is 12.0. The van der Waals surface area contributed by atoms with Gasteiger partial charge in [0.1, 0.15) is 11.6 Å². The van der Waals surface area contributed by atoms with Crippen molar-refractivity contribution in [1.82, 2.24) is 20.1 Å². The molecule has 1 aliphatic heterocycles. The first-order chi connectivity index (χ1) is 11.0. The lowest BCUT2D eigenvalue weighted by Crippen LogP contribution is -2.16. The molecule has 0 bridgehead atoms. The van der Waals surface area contributed by atoms with Gasteiger partial charge in [0.2, 0.25) is 0 Å². The number of nitrogens with one attached hydrogen (secondary N) is 1. The largest absolute Gasteiger partial charge is 0.317 e. The minimum absolute atomic E-state index is 0.00613. The van der Waals surface area contributed by atoms with Gasteiger partial charge in [0, 0.05) is 11.0 Å². The molecule has 1 N–H and O–H groups in total. The molecule has 1 aliphatic rings. The second-order valence-electron chi connectivity index (χ2n) is 6.14. The summed E-state index contributed by atoms with van der Waals surface area (Å²) >= 11 is 6.04. The van der Waals surface area contributed by atoms with Gasteiger partial charge in [-0.2, -0.15) is 5.10 Å². The molecular formula is C18H27ClN4. The lowest BCUT2D eigenvalue weighted by atomic mass is 9.99. The van der Waals surface area contributed by atoms with Gasteiger partial charge in [0.25, 0.3) is 0 Å². The smallest absolute Gasteiger partial charge is 0.147 e. The predicted octanol–water partition coefficient (Wildman–Crippen LogP) is 4.26. The number of aromatic nitrogens is 3. The Hall–Kier alpha value is -1.39. The second kappa shape index (κ2) is 8.46. The molecule has 126 valence electrons. The Balaban J connectivity index is 2.29. The fourth-order valence-corrected chi connectivity index (χ4v) is 2.90. The van der Waals surface area contributed by atoms with E-state index in [1.54, 1.807) is 0 Å². The summed E-state index contributed by atoms with van der Waals surface area (Å²) in [4.78, 5) is 4.71. The van der Waals surface area contributed by atoms with Crippen molar-refractivity contribution in [3.63, 3.8) is 0 Å². The first kappa shape index (κ1) is 18.0. The maximum Gasteiger partial charge on any atom is 0.147 e. The van der Waals surface area contributed by atoms with E-state index >= 15 is 0 Å². The number of nitrogens with zero attached hydrogens (tertiary/aromatic N) is 3. The van der Waals surface area contributed by atoms with Crippen molar-refractivity contribution in [3.8, 4) is 0 Å². The molecule has 2 rings (SSSR count). The van der Waals surface area contributed by atoms with Gasteiger partial charge in [-0.15, -0.1) is 6.58 Å². The van der Waals surface area contributed by atoms with Crippen LogP contribution in [0, 0.1) is 6.92 Å². The molecular weight excluding hydrogens is 308 g/mol. The standard InChI is InChI=1S/C18H27ClN4/c1-5-17(9-8-13(2)14(3)19)23-18(21-15(4)22-23)16-7-6-11-20-12-10-16/h5,8-9,16-17,20H,1,6-7,10-12H2,2-4H3/b9-8?,14-13+. The molecule has 23 heavy (non-hydrogen) atoms. The molecule has 0 aliphatic carbocycles. The van der Waals surface area contributed by atoms with Crippen molar-refractivity contribution in [2.24, 2.45) is 0 Å². The number of hydrogen-bond donors (Lipinski definition) is 1. The Morgan fingerprint density at radius 2 is 2.17 bits per heavy atom. The van der Waals surface area contributed by atoms with E-state index in [0.717, 1.165) is 48.2 Å². The van der Waals surface area contributed by atoms with Crippen molar-refractivity contribution in [2.45, 2.75) is 52.0 Å². The van der Waals surface area contributed by atoms with E-state index in [1.165, 1.54) is 6.42 Å². The minimum Gasteiger partial charge on any atom is -0.317 e. The zero-order chi connectivity index (χ0) is 16.8. The van der Waals surface area contributed by atoms with E-state index in [-0.39, 0.29) is 6.04 Å². The SMILES string of the molecule is C=CC(C=C/C(C)=C(\C)Cl)n1nc(C)nc1C1CCCNCC1. The van der Waals surface area contributed by atoms with Crippen LogP contribution in [0.4, 0.5) is 0 Å². The van der Waals surface area contributed by atoms with E-state index in [2.05, 4.69) is 23.1 Å². The molecule has 0 saturated carbocycles. The van der Waals surface area contributed by atoms with Crippen molar-refractivity contribution in [1.29, 1.82) is 0 Å². The highest BCUT2D eigenvalue weighted by atomic mass is 35.5. The molecule has 0 spiro atoms. The molecule has 1 saturated heterocycles. The Morgan fingerprint density at radius 1 is 1.39 bits per heavy atom. The average Bonchev–Trinajstić information content (AvgIpc) is 2.75. The molecule has 1 fully saturated rings. The number of halogens is 1. The molecule has 4 nitrogen and oxygen atoms in total. The van der Waals surface area contributed by atoms with Crippen molar-refractivity contribution in [2.75, 3.05) is 13.1 Å². The van der Waals surface area contributed by atoms with Crippen LogP contribution in [0.3, 0.4) is 0 Å². The normalized spacial score (nSPS) is 21.8. The molecule has 2 heterocycles. The minimum atomic E-state index is -0.00613. The maximum absolute atomic E-state index is 6.04. The highest BCUT2D eigenvalue weighted by Crippen LogP contribution is 2.27.